The summed E-state index contributed by atoms with van der Waals surface area (Å²) in [6.45, 7) is 4.23. The molecule has 0 aliphatic carbocycles. The molecule has 0 radical (unpaired) electrons. The number of piperidine rings is 1. The molecule has 2 heterocycles. The molecule has 0 bridgehead atoms. The number of hydrogen-bond donors (Lipinski definition) is 2. The van der Waals surface area contributed by atoms with Crippen LogP contribution in [0.15, 0.2) is 48.5 Å². The zero-order valence-corrected chi connectivity index (χ0v) is 16.0. The number of ether oxygens (including phenoxy) is 2. The van der Waals surface area contributed by atoms with E-state index >= 15 is 0 Å². The van der Waals surface area contributed by atoms with Gasteiger partial charge in [0.15, 0.2) is 11.5 Å². The average Bonchev–Trinajstić information content (AvgIpc) is 2.95. The van der Waals surface area contributed by atoms with Crippen molar-refractivity contribution >= 4 is 11.7 Å². The van der Waals surface area contributed by atoms with E-state index in [1.807, 2.05) is 24.3 Å². The number of anilines is 1. The quantitative estimate of drug-likeness (QED) is 0.849. The number of benzene rings is 2. The minimum absolute atomic E-state index is 0.170. The highest BCUT2D eigenvalue weighted by molar-refractivity contribution is 5.89. The fourth-order valence-electron chi connectivity index (χ4n) is 3.67. The molecule has 2 aromatic rings. The van der Waals surface area contributed by atoms with Gasteiger partial charge in [-0.1, -0.05) is 30.3 Å². The number of carbonyl (C=O) groups is 1. The molecule has 2 aromatic carbocycles. The maximum absolute atomic E-state index is 12.4. The predicted molar refractivity (Wildman–Crippen MR) is 109 cm³/mol. The molecule has 2 N–H and O–H groups in total. The van der Waals surface area contributed by atoms with Crippen molar-refractivity contribution in [3.8, 4) is 11.5 Å². The number of rotatable bonds is 4. The summed E-state index contributed by atoms with van der Waals surface area (Å²) in [4.78, 5) is 14.8. The lowest BCUT2D eigenvalue weighted by atomic mass is 10.0. The lowest BCUT2D eigenvalue weighted by Gasteiger charge is -2.32. The highest BCUT2D eigenvalue weighted by atomic mass is 16.5. The van der Waals surface area contributed by atoms with Gasteiger partial charge in [0.05, 0.1) is 13.2 Å². The Morgan fingerprint density at radius 2 is 1.75 bits per heavy atom. The summed E-state index contributed by atoms with van der Waals surface area (Å²) in [5.74, 6) is 1.42. The van der Waals surface area contributed by atoms with Crippen LogP contribution in [-0.4, -0.2) is 43.3 Å². The highest BCUT2D eigenvalue weighted by Crippen LogP contribution is 2.32. The van der Waals surface area contributed by atoms with Gasteiger partial charge in [0.25, 0.3) is 0 Å². The molecule has 2 amide bonds. The third kappa shape index (κ3) is 4.95. The van der Waals surface area contributed by atoms with Gasteiger partial charge in [0, 0.05) is 43.9 Å². The van der Waals surface area contributed by atoms with Crippen LogP contribution in [0, 0.1) is 0 Å². The number of nitrogens with one attached hydrogen (secondary N) is 2. The fraction of sp³-hybridized carbons (Fsp3) is 0.409. The Morgan fingerprint density at radius 3 is 2.54 bits per heavy atom. The Kier molecular flexibility index (Phi) is 5.97. The summed E-state index contributed by atoms with van der Waals surface area (Å²) in [6, 6.07) is 16.1. The number of urea groups is 1. The van der Waals surface area contributed by atoms with Gasteiger partial charge in [0.2, 0.25) is 0 Å². The van der Waals surface area contributed by atoms with E-state index in [2.05, 4.69) is 39.8 Å². The molecule has 4 rings (SSSR count). The van der Waals surface area contributed by atoms with Gasteiger partial charge < -0.3 is 20.1 Å². The van der Waals surface area contributed by atoms with Gasteiger partial charge in [-0.2, -0.15) is 0 Å². The zero-order valence-electron chi connectivity index (χ0n) is 16.0. The molecule has 1 fully saturated rings. The van der Waals surface area contributed by atoms with Gasteiger partial charge in [0.1, 0.15) is 0 Å². The Bertz CT molecular complexity index is 789. The van der Waals surface area contributed by atoms with E-state index < -0.39 is 0 Å². The SMILES string of the molecule is O=C(Nc1ccc2c(c1)OCCCO2)NC1CCN(Cc2ccccc2)CC1. The minimum Gasteiger partial charge on any atom is -0.490 e. The van der Waals surface area contributed by atoms with Gasteiger partial charge in [-0.05, 0) is 30.5 Å². The standard InChI is InChI=1S/C22H27N3O3/c26-22(24-19-7-8-20-21(15-19)28-14-4-13-27-20)23-18-9-11-25(12-10-18)16-17-5-2-1-3-6-17/h1-3,5-8,15,18H,4,9-14,16H2,(H2,23,24,26). The number of carbonyl (C=O) groups excluding carboxylic acids is 1. The highest BCUT2D eigenvalue weighted by Gasteiger charge is 2.21. The maximum atomic E-state index is 12.4. The van der Waals surface area contributed by atoms with Crippen molar-refractivity contribution in [3.63, 3.8) is 0 Å². The van der Waals surface area contributed by atoms with Crippen LogP contribution in [0.5, 0.6) is 11.5 Å². The molecule has 6 nitrogen and oxygen atoms in total. The first-order chi connectivity index (χ1) is 13.8. The second kappa shape index (κ2) is 8.97. The maximum Gasteiger partial charge on any atom is 0.319 e. The van der Waals surface area contributed by atoms with E-state index in [4.69, 9.17) is 9.47 Å². The van der Waals surface area contributed by atoms with Crippen LogP contribution < -0.4 is 20.1 Å². The Labute approximate surface area is 165 Å². The minimum atomic E-state index is -0.170. The van der Waals surface area contributed by atoms with E-state index in [0.717, 1.165) is 44.6 Å². The lowest BCUT2D eigenvalue weighted by Crippen LogP contribution is -2.45. The first-order valence-electron chi connectivity index (χ1n) is 10.00. The predicted octanol–water partition coefficient (Wildman–Crippen LogP) is 3.63. The van der Waals surface area contributed by atoms with Crippen LogP contribution in [0.2, 0.25) is 0 Å². The fourth-order valence-corrected chi connectivity index (χ4v) is 3.67. The van der Waals surface area contributed by atoms with E-state index in [1.165, 1.54) is 5.56 Å². The number of nitrogens with zero attached hydrogens (tertiary/aromatic N) is 1. The largest absolute Gasteiger partial charge is 0.490 e. The van der Waals surface area contributed by atoms with Crippen LogP contribution in [0.4, 0.5) is 10.5 Å². The summed E-state index contributed by atoms with van der Waals surface area (Å²) >= 11 is 0. The summed E-state index contributed by atoms with van der Waals surface area (Å²) < 4.78 is 11.3. The molecule has 28 heavy (non-hydrogen) atoms. The van der Waals surface area contributed by atoms with Gasteiger partial charge in [-0.25, -0.2) is 4.79 Å². The third-order valence-electron chi connectivity index (χ3n) is 5.18. The van der Waals surface area contributed by atoms with Crippen molar-refractivity contribution in [2.24, 2.45) is 0 Å². The molecule has 1 saturated heterocycles. The summed E-state index contributed by atoms with van der Waals surface area (Å²) in [5, 5.41) is 6.01. The van der Waals surface area contributed by atoms with Crippen molar-refractivity contribution < 1.29 is 14.3 Å². The third-order valence-corrected chi connectivity index (χ3v) is 5.18. The van der Waals surface area contributed by atoms with Gasteiger partial charge in [-0.15, -0.1) is 0 Å². The number of likely N-dealkylation sites (tertiary alicyclic amines) is 1. The van der Waals surface area contributed by atoms with Crippen LogP contribution >= 0.6 is 0 Å². The molecular formula is C22H27N3O3. The molecular weight excluding hydrogens is 354 g/mol. The second-order valence-corrected chi connectivity index (χ2v) is 7.35. The molecule has 0 spiro atoms. The van der Waals surface area contributed by atoms with Crippen molar-refractivity contribution in [2.45, 2.75) is 31.8 Å². The van der Waals surface area contributed by atoms with Crippen molar-refractivity contribution in [2.75, 3.05) is 31.6 Å². The molecule has 6 heteroatoms. The first-order valence-corrected chi connectivity index (χ1v) is 10.00. The second-order valence-electron chi connectivity index (χ2n) is 7.35. The van der Waals surface area contributed by atoms with Gasteiger partial charge >= 0.3 is 6.03 Å². The Morgan fingerprint density at radius 1 is 1.00 bits per heavy atom. The monoisotopic (exact) mass is 381 g/mol. The number of fused-ring (bicyclic) bond motifs is 1. The molecule has 0 atom stereocenters. The number of amides is 2. The van der Waals surface area contributed by atoms with E-state index in [0.29, 0.717) is 24.7 Å². The molecule has 2 aliphatic rings. The zero-order chi connectivity index (χ0) is 19.2. The lowest BCUT2D eigenvalue weighted by molar-refractivity contribution is 0.190. The van der Waals surface area contributed by atoms with Crippen LogP contribution in [0.3, 0.4) is 0 Å². The smallest absolute Gasteiger partial charge is 0.319 e. The normalized spacial score (nSPS) is 17.6. The van der Waals surface area contributed by atoms with Crippen molar-refractivity contribution in [3.05, 3.63) is 54.1 Å². The van der Waals surface area contributed by atoms with E-state index in [9.17, 15) is 4.79 Å². The Hall–Kier alpha value is -2.73. The average molecular weight is 381 g/mol. The molecule has 0 aromatic heterocycles. The summed E-state index contributed by atoms with van der Waals surface area (Å²) in [6.07, 6.45) is 2.78. The summed E-state index contributed by atoms with van der Waals surface area (Å²) in [5.41, 5.74) is 2.05. The van der Waals surface area contributed by atoms with E-state index in [-0.39, 0.29) is 12.1 Å². The molecule has 2 aliphatic heterocycles. The molecule has 148 valence electrons. The van der Waals surface area contributed by atoms with Crippen LogP contribution in [-0.2, 0) is 6.54 Å². The summed E-state index contributed by atoms with van der Waals surface area (Å²) in [7, 11) is 0. The molecule has 0 unspecified atom stereocenters. The topological polar surface area (TPSA) is 62.8 Å². The van der Waals surface area contributed by atoms with Crippen LogP contribution in [0.25, 0.3) is 0 Å². The first kappa shape index (κ1) is 18.6. The van der Waals surface area contributed by atoms with Crippen molar-refractivity contribution in [1.29, 1.82) is 0 Å². The van der Waals surface area contributed by atoms with Gasteiger partial charge in [-0.3, -0.25) is 4.90 Å². The van der Waals surface area contributed by atoms with E-state index in [1.54, 1.807) is 0 Å². The van der Waals surface area contributed by atoms with Crippen LogP contribution in [0.1, 0.15) is 24.8 Å². The van der Waals surface area contributed by atoms with Crippen molar-refractivity contribution in [1.82, 2.24) is 10.2 Å². The Balaban J connectivity index is 1.24. The molecule has 0 saturated carbocycles. The number of hydrogen-bond acceptors (Lipinski definition) is 4.